The van der Waals surface area contributed by atoms with Gasteiger partial charge >= 0.3 is 0 Å². The largest absolute Gasteiger partial charge is 0.345 e. The first kappa shape index (κ1) is 24.3. The fraction of sp³-hybridized carbons (Fsp3) is 0.240. The van der Waals surface area contributed by atoms with Gasteiger partial charge in [0, 0.05) is 36.6 Å². The molecule has 0 bridgehead atoms. The molecule has 3 aromatic rings. The number of carbonyl (C=O) groups excluding carboxylic acids is 1. The molecule has 0 radical (unpaired) electrons. The van der Waals surface area contributed by atoms with Gasteiger partial charge in [0.15, 0.2) is 0 Å². The van der Waals surface area contributed by atoms with E-state index in [4.69, 9.17) is 10.0 Å². The molecule has 3 N–H and O–H groups in total. The highest BCUT2D eigenvalue weighted by atomic mass is 32.2. The van der Waals surface area contributed by atoms with Crippen molar-refractivity contribution in [1.29, 1.82) is 10.0 Å². The Morgan fingerprint density at radius 3 is 2.83 bits per heavy atom. The van der Waals surface area contributed by atoms with E-state index in [0.717, 1.165) is 18.9 Å². The zero-order valence-corrected chi connectivity index (χ0v) is 20.1. The predicted molar refractivity (Wildman–Crippen MR) is 131 cm³/mol. The third kappa shape index (κ3) is 5.31. The molecule has 1 aliphatic rings. The van der Waals surface area contributed by atoms with Gasteiger partial charge < -0.3 is 9.88 Å². The van der Waals surface area contributed by atoms with Crippen LogP contribution >= 0.6 is 0 Å². The number of fused-ring (bicyclic) bond motifs is 1. The lowest BCUT2D eigenvalue weighted by atomic mass is 9.94. The molecule has 10 heteroatoms. The van der Waals surface area contributed by atoms with Crippen molar-refractivity contribution in [2.75, 3.05) is 5.32 Å². The minimum atomic E-state index is -3.41. The van der Waals surface area contributed by atoms with Crippen LogP contribution in [-0.2, 0) is 23.4 Å². The molecule has 0 saturated carbocycles. The van der Waals surface area contributed by atoms with Gasteiger partial charge in [0.05, 0.1) is 4.90 Å². The maximum Gasteiger partial charge on any atom is 0.272 e. The molecular formula is C25H25FN6O2S. The van der Waals surface area contributed by atoms with Crippen LogP contribution in [0, 0.1) is 28.0 Å². The van der Waals surface area contributed by atoms with Gasteiger partial charge in [-0.15, -0.1) is 0 Å². The number of carbonyl (C=O) groups is 1. The highest BCUT2D eigenvalue weighted by Crippen LogP contribution is 2.29. The first-order valence-electron chi connectivity index (χ1n) is 11.0. The van der Waals surface area contributed by atoms with Crippen molar-refractivity contribution in [3.63, 3.8) is 0 Å². The quantitative estimate of drug-likeness (QED) is 0.445. The van der Waals surface area contributed by atoms with Crippen LogP contribution in [0.3, 0.4) is 0 Å². The number of aromatic nitrogens is 2. The van der Waals surface area contributed by atoms with E-state index in [1.807, 2.05) is 31.2 Å². The van der Waals surface area contributed by atoms with Crippen molar-refractivity contribution >= 4 is 27.6 Å². The topological polar surface area (TPSA) is 124 Å². The summed E-state index contributed by atoms with van der Waals surface area (Å²) >= 11 is 0. The lowest BCUT2D eigenvalue weighted by Crippen LogP contribution is -2.36. The summed E-state index contributed by atoms with van der Waals surface area (Å²) in [5.74, 6) is -1.40. The van der Waals surface area contributed by atoms with E-state index in [2.05, 4.69) is 27.2 Å². The van der Waals surface area contributed by atoms with Crippen molar-refractivity contribution in [1.82, 2.24) is 14.3 Å². The Kier molecular flexibility index (Phi) is 6.82. The Bertz CT molecular complexity index is 1440. The Balaban J connectivity index is 1.60. The Morgan fingerprint density at radius 2 is 2.11 bits per heavy atom. The summed E-state index contributed by atoms with van der Waals surface area (Å²) in [6, 6.07) is 13.8. The van der Waals surface area contributed by atoms with Gasteiger partial charge in [-0.05, 0) is 30.4 Å². The first-order chi connectivity index (χ1) is 16.7. The first-order valence-corrected chi connectivity index (χ1v) is 12.6. The number of hydrogen-bond donors (Lipinski definition) is 3. The van der Waals surface area contributed by atoms with E-state index in [1.165, 1.54) is 22.4 Å². The number of nitrogens with zero attached hydrogens (tertiary/aromatic N) is 3. The Hall–Kier alpha value is -3.81. The molecule has 1 aromatic carbocycles. The molecule has 2 aromatic heterocycles. The molecule has 8 nitrogen and oxygen atoms in total. The van der Waals surface area contributed by atoms with E-state index in [-0.39, 0.29) is 33.9 Å². The number of pyridine rings is 1. The Morgan fingerprint density at radius 1 is 1.37 bits per heavy atom. The summed E-state index contributed by atoms with van der Waals surface area (Å²) in [7, 11) is -1.80. The summed E-state index contributed by atoms with van der Waals surface area (Å²) in [5.41, 5.74) is 1.65. The van der Waals surface area contributed by atoms with E-state index in [0.29, 0.717) is 5.56 Å². The lowest BCUT2D eigenvalue weighted by Gasteiger charge is -2.22. The van der Waals surface area contributed by atoms with E-state index < -0.39 is 21.8 Å². The van der Waals surface area contributed by atoms with Crippen LogP contribution in [0.2, 0.25) is 0 Å². The highest BCUT2D eigenvalue weighted by molar-refractivity contribution is 7.90. The number of nitrogens with one attached hydrogen (secondary N) is 3. The molecule has 180 valence electrons. The summed E-state index contributed by atoms with van der Waals surface area (Å²) < 4.78 is 40.1. The summed E-state index contributed by atoms with van der Waals surface area (Å²) in [5, 5.41) is 11.6. The smallest absolute Gasteiger partial charge is 0.272 e. The van der Waals surface area contributed by atoms with Crippen molar-refractivity contribution in [2.24, 2.45) is 13.0 Å². The second kappa shape index (κ2) is 9.82. The molecule has 0 fully saturated rings. The molecule has 3 heterocycles. The maximum atomic E-state index is 13.7. The van der Waals surface area contributed by atoms with Crippen LogP contribution in [0.5, 0.6) is 0 Å². The van der Waals surface area contributed by atoms with Crippen LogP contribution in [0.4, 0.5) is 10.1 Å². The Labute approximate surface area is 203 Å². The fourth-order valence-corrected chi connectivity index (χ4v) is 5.73. The number of amides is 1. The molecule has 1 unspecified atom stereocenters. The molecule has 35 heavy (non-hydrogen) atoms. The number of anilines is 1. The van der Waals surface area contributed by atoms with Gasteiger partial charge in [-0.3, -0.25) is 4.79 Å². The molecule has 1 aliphatic heterocycles. The monoisotopic (exact) mass is 492 g/mol. The van der Waals surface area contributed by atoms with Crippen molar-refractivity contribution in [3.8, 4) is 6.07 Å². The van der Waals surface area contributed by atoms with Crippen molar-refractivity contribution in [2.45, 2.75) is 30.7 Å². The molecule has 1 amide bonds. The predicted octanol–water partition coefficient (Wildman–Crippen LogP) is 4.26. The van der Waals surface area contributed by atoms with Crippen LogP contribution < -0.4 is 10.0 Å². The van der Waals surface area contributed by atoms with Gasteiger partial charge in [-0.1, -0.05) is 49.4 Å². The number of rotatable bonds is 6. The van der Waals surface area contributed by atoms with Gasteiger partial charge in [0.1, 0.15) is 27.4 Å². The zero-order valence-electron chi connectivity index (χ0n) is 19.3. The average molecular weight is 493 g/mol. The van der Waals surface area contributed by atoms with Gasteiger partial charge in [-0.25, -0.2) is 18.7 Å². The standard InChI is InChI=1S/C25H25FN6O2S/c1-16(8-9-17-6-4-3-5-7-17)21-11-10-20-22(35(28,34)31-21)15-32(2)24(20)25(33)30-18-12-19(14-27)29-23(26)13-18/h3-7,10-13,15-16,21H,8-9H2,1-2H3,(H2,28,31,34)(H,29,30,33)/t16-,21+,35?/m0/s1. The van der Waals surface area contributed by atoms with Crippen molar-refractivity contribution < 1.29 is 13.4 Å². The zero-order chi connectivity index (χ0) is 25.2. The number of halogens is 1. The number of benzene rings is 1. The number of hydrogen-bond acceptors (Lipinski definition) is 5. The van der Waals surface area contributed by atoms with Gasteiger partial charge in [-0.2, -0.15) is 9.65 Å². The summed E-state index contributed by atoms with van der Waals surface area (Å²) in [6.45, 7) is 2.04. The third-order valence-electron chi connectivity index (χ3n) is 5.99. The highest BCUT2D eigenvalue weighted by Gasteiger charge is 2.30. The molecule has 0 aliphatic carbocycles. The maximum absolute atomic E-state index is 13.7. The third-order valence-corrected chi connectivity index (χ3v) is 7.54. The van der Waals surface area contributed by atoms with Crippen LogP contribution in [-0.4, -0.2) is 25.7 Å². The van der Waals surface area contributed by atoms with Gasteiger partial charge in [0.25, 0.3) is 5.91 Å². The minimum Gasteiger partial charge on any atom is -0.345 e. The second-order valence-corrected chi connectivity index (χ2v) is 10.3. The molecule has 3 atom stereocenters. The molecule has 0 spiro atoms. The molecule has 4 rings (SSSR count). The minimum absolute atomic E-state index is 0.0729. The molecule has 0 saturated heterocycles. The van der Waals surface area contributed by atoms with E-state index in [1.54, 1.807) is 19.2 Å². The fourth-order valence-electron chi connectivity index (χ4n) is 4.12. The lowest BCUT2D eigenvalue weighted by molar-refractivity contribution is 0.101. The normalized spacial score (nSPS) is 19.9. The van der Waals surface area contributed by atoms with E-state index in [9.17, 15) is 13.4 Å². The summed E-state index contributed by atoms with van der Waals surface area (Å²) in [6.07, 6.45) is 6.73. The van der Waals surface area contributed by atoms with Gasteiger partial charge in [0.2, 0.25) is 5.95 Å². The second-order valence-electron chi connectivity index (χ2n) is 8.56. The van der Waals surface area contributed by atoms with E-state index >= 15 is 0 Å². The van der Waals surface area contributed by atoms with Crippen LogP contribution in [0.15, 0.2) is 59.6 Å². The number of aryl methyl sites for hydroxylation is 2. The van der Waals surface area contributed by atoms with Crippen LogP contribution in [0.25, 0.3) is 6.08 Å². The molecular weight excluding hydrogens is 467 g/mol. The van der Waals surface area contributed by atoms with Crippen molar-refractivity contribution in [3.05, 3.63) is 83.2 Å². The van der Waals surface area contributed by atoms with Crippen LogP contribution in [0.1, 0.15) is 40.7 Å². The summed E-state index contributed by atoms with van der Waals surface area (Å²) in [4.78, 5) is 16.8. The average Bonchev–Trinajstić information content (AvgIpc) is 3.11. The number of nitriles is 1. The SMILES string of the molecule is C[C@@H](CCc1ccccc1)[C@H]1C=Cc2c(cn(C)c2C(=O)Nc2cc(F)nc(C#N)c2)S(=N)(=O)N1.